The molecule has 7 nitrogen and oxygen atoms in total. The highest BCUT2D eigenvalue weighted by Gasteiger charge is 2.37. The third-order valence-corrected chi connectivity index (χ3v) is 3.81. The monoisotopic (exact) mass is 413 g/mol. The highest BCUT2D eigenvalue weighted by molar-refractivity contribution is 5.56. The maximum atomic E-state index is 12.9. The zero-order chi connectivity index (χ0) is 20.8. The lowest BCUT2D eigenvalue weighted by Gasteiger charge is -2.08. The Morgan fingerprint density at radius 1 is 0.897 bits per heavy atom. The molecule has 0 aliphatic carbocycles. The lowest BCUT2D eigenvalue weighted by atomic mass is 10.2. The summed E-state index contributed by atoms with van der Waals surface area (Å²) in [4.78, 5) is 0. The zero-order valence-corrected chi connectivity index (χ0v) is 14.1. The number of halogens is 6. The Labute approximate surface area is 157 Å². The topological polar surface area (TPSA) is 72.9 Å². The highest BCUT2D eigenvalue weighted by Crippen LogP contribution is 2.31. The number of rotatable bonds is 3. The zero-order valence-electron chi connectivity index (χ0n) is 14.1. The quantitative estimate of drug-likeness (QED) is 0.513. The standard InChI is InChI=1S/C16H9F6N7/c17-15(18,19)9-2-1-3-11(6-9)28-8-10(7-23-28)24-12-4-5-13-25-26-14(16(20,21)22)29(13)27-12/h1-8H,(H,24,27). The minimum atomic E-state index is -4.74. The van der Waals surface area contributed by atoms with Gasteiger partial charge in [0.1, 0.15) is 0 Å². The second-order valence-corrected chi connectivity index (χ2v) is 5.86. The van der Waals surface area contributed by atoms with Crippen LogP contribution in [0.25, 0.3) is 11.3 Å². The Hall–Kier alpha value is -3.64. The number of nitrogens with zero attached hydrogens (tertiary/aromatic N) is 6. The number of nitrogens with one attached hydrogen (secondary N) is 1. The van der Waals surface area contributed by atoms with Crippen LogP contribution in [-0.4, -0.2) is 29.6 Å². The van der Waals surface area contributed by atoms with Crippen molar-refractivity contribution in [3.05, 3.63) is 60.2 Å². The van der Waals surface area contributed by atoms with Crippen LogP contribution in [0.3, 0.4) is 0 Å². The van der Waals surface area contributed by atoms with Gasteiger partial charge in [0.05, 0.1) is 29.3 Å². The second kappa shape index (κ2) is 6.46. The molecule has 3 heterocycles. The van der Waals surface area contributed by atoms with E-state index < -0.39 is 23.7 Å². The molecule has 0 aliphatic rings. The van der Waals surface area contributed by atoms with Crippen molar-refractivity contribution in [1.29, 1.82) is 0 Å². The van der Waals surface area contributed by atoms with Crippen LogP contribution >= 0.6 is 0 Å². The number of hydrogen-bond donors (Lipinski definition) is 1. The number of aromatic nitrogens is 6. The summed E-state index contributed by atoms with van der Waals surface area (Å²) in [6, 6.07) is 7.20. The molecule has 1 N–H and O–H groups in total. The fourth-order valence-corrected chi connectivity index (χ4v) is 2.53. The molecule has 0 aliphatic heterocycles. The molecule has 1 aromatic carbocycles. The summed E-state index contributed by atoms with van der Waals surface area (Å²) in [5.74, 6) is -1.25. The van der Waals surface area contributed by atoms with Crippen LogP contribution in [0.2, 0.25) is 0 Å². The Morgan fingerprint density at radius 3 is 2.41 bits per heavy atom. The SMILES string of the molecule is FC(F)(F)c1cccc(-n2cc(Nc3ccc4nnc(C(F)(F)F)n4n3)cn2)c1. The van der Waals surface area contributed by atoms with Gasteiger partial charge in [-0.1, -0.05) is 6.07 Å². The van der Waals surface area contributed by atoms with Crippen LogP contribution in [0.4, 0.5) is 37.8 Å². The molecule has 29 heavy (non-hydrogen) atoms. The van der Waals surface area contributed by atoms with E-state index in [0.717, 1.165) is 12.1 Å². The summed E-state index contributed by atoms with van der Waals surface area (Å²) in [7, 11) is 0. The van der Waals surface area contributed by atoms with Crippen molar-refractivity contribution in [1.82, 2.24) is 29.6 Å². The van der Waals surface area contributed by atoms with E-state index in [9.17, 15) is 26.3 Å². The molecule has 0 saturated carbocycles. The fraction of sp³-hybridized carbons (Fsp3) is 0.125. The van der Waals surface area contributed by atoms with Gasteiger partial charge in [-0.25, -0.2) is 4.68 Å². The van der Waals surface area contributed by atoms with Crippen LogP contribution in [0, 0.1) is 0 Å². The average Bonchev–Trinajstić information content (AvgIpc) is 3.27. The number of anilines is 2. The summed E-state index contributed by atoms with van der Waals surface area (Å²) in [5, 5.41) is 17.0. The van der Waals surface area contributed by atoms with Crippen LogP contribution in [-0.2, 0) is 12.4 Å². The highest BCUT2D eigenvalue weighted by atomic mass is 19.4. The molecule has 4 rings (SSSR count). The van der Waals surface area contributed by atoms with Gasteiger partial charge in [-0.05, 0) is 30.3 Å². The summed E-state index contributed by atoms with van der Waals surface area (Å²) in [6.07, 6.45) is -6.57. The molecule has 4 aromatic rings. The largest absolute Gasteiger partial charge is 0.453 e. The van der Waals surface area contributed by atoms with Gasteiger partial charge in [0.15, 0.2) is 11.5 Å². The maximum absolute atomic E-state index is 12.9. The first kappa shape index (κ1) is 18.7. The lowest BCUT2D eigenvalue weighted by Crippen LogP contribution is -2.13. The third kappa shape index (κ3) is 3.70. The van der Waals surface area contributed by atoms with E-state index in [1.165, 1.54) is 41.3 Å². The van der Waals surface area contributed by atoms with Gasteiger partial charge < -0.3 is 5.32 Å². The Bertz CT molecular complexity index is 1170. The van der Waals surface area contributed by atoms with E-state index in [0.29, 0.717) is 10.2 Å². The minimum Gasteiger partial charge on any atom is -0.336 e. The van der Waals surface area contributed by atoms with Gasteiger partial charge >= 0.3 is 12.4 Å². The molecule has 0 amide bonds. The molecule has 0 radical (unpaired) electrons. The summed E-state index contributed by atoms with van der Waals surface area (Å²) in [6.45, 7) is 0. The van der Waals surface area contributed by atoms with E-state index >= 15 is 0 Å². The molecule has 0 bridgehead atoms. The number of benzene rings is 1. The van der Waals surface area contributed by atoms with Crippen molar-refractivity contribution < 1.29 is 26.3 Å². The number of hydrogen-bond acceptors (Lipinski definition) is 5. The molecule has 150 valence electrons. The normalized spacial score (nSPS) is 12.5. The van der Waals surface area contributed by atoms with Crippen molar-refractivity contribution in [2.24, 2.45) is 0 Å². The van der Waals surface area contributed by atoms with E-state index in [-0.39, 0.29) is 17.2 Å². The maximum Gasteiger partial charge on any atom is 0.453 e. The Morgan fingerprint density at radius 2 is 1.69 bits per heavy atom. The first-order valence-corrected chi connectivity index (χ1v) is 7.90. The van der Waals surface area contributed by atoms with Crippen molar-refractivity contribution in [2.75, 3.05) is 5.32 Å². The van der Waals surface area contributed by atoms with E-state index in [2.05, 4.69) is 25.7 Å². The van der Waals surface area contributed by atoms with Gasteiger partial charge in [-0.3, -0.25) is 0 Å². The predicted molar refractivity (Wildman–Crippen MR) is 87.6 cm³/mol. The number of alkyl halides is 6. The third-order valence-electron chi connectivity index (χ3n) is 3.81. The van der Waals surface area contributed by atoms with E-state index in [4.69, 9.17) is 0 Å². The summed E-state index contributed by atoms with van der Waals surface area (Å²) >= 11 is 0. The van der Waals surface area contributed by atoms with Gasteiger partial charge in [0.25, 0.3) is 5.82 Å². The fourth-order valence-electron chi connectivity index (χ4n) is 2.53. The predicted octanol–water partition coefficient (Wildman–Crippen LogP) is 4.09. The molecule has 0 atom stereocenters. The molecule has 3 aromatic heterocycles. The van der Waals surface area contributed by atoms with Gasteiger partial charge in [0.2, 0.25) is 0 Å². The number of fused-ring (bicyclic) bond motifs is 1. The first-order chi connectivity index (χ1) is 13.6. The van der Waals surface area contributed by atoms with E-state index in [1.807, 2.05) is 0 Å². The van der Waals surface area contributed by atoms with Gasteiger partial charge in [-0.2, -0.15) is 36.0 Å². The molecular formula is C16H9F6N7. The molecule has 13 heteroatoms. The molecule has 0 spiro atoms. The molecule has 0 saturated heterocycles. The average molecular weight is 413 g/mol. The molecule has 0 unspecified atom stereocenters. The summed E-state index contributed by atoms with van der Waals surface area (Å²) < 4.78 is 79.1. The van der Waals surface area contributed by atoms with Crippen molar-refractivity contribution >= 4 is 17.2 Å². The summed E-state index contributed by atoms with van der Waals surface area (Å²) in [5.41, 5.74) is -0.465. The Balaban J connectivity index is 1.61. The van der Waals surface area contributed by atoms with Crippen molar-refractivity contribution in [2.45, 2.75) is 12.4 Å². The molecule has 0 fully saturated rings. The van der Waals surface area contributed by atoms with Gasteiger partial charge in [0, 0.05) is 0 Å². The van der Waals surface area contributed by atoms with E-state index in [1.54, 1.807) is 0 Å². The molecular weight excluding hydrogens is 404 g/mol. The smallest absolute Gasteiger partial charge is 0.336 e. The van der Waals surface area contributed by atoms with Crippen LogP contribution < -0.4 is 5.32 Å². The van der Waals surface area contributed by atoms with Crippen LogP contribution in [0.15, 0.2) is 48.8 Å². The minimum absolute atomic E-state index is 0.0337. The Kier molecular flexibility index (Phi) is 4.17. The van der Waals surface area contributed by atoms with Crippen LogP contribution in [0.1, 0.15) is 11.4 Å². The lowest BCUT2D eigenvalue weighted by molar-refractivity contribution is -0.146. The van der Waals surface area contributed by atoms with Gasteiger partial charge in [-0.15, -0.1) is 15.3 Å². The van der Waals surface area contributed by atoms with Crippen molar-refractivity contribution in [3.63, 3.8) is 0 Å². The second-order valence-electron chi connectivity index (χ2n) is 5.86. The van der Waals surface area contributed by atoms with Crippen LogP contribution in [0.5, 0.6) is 0 Å². The van der Waals surface area contributed by atoms with Crippen molar-refractivity contribution in [3.8, 4) is 5.69 Å². The first-order valence-electron chi connectivity index (χ1n) is 7.90.